The molecule has 0 radical (unpaired) electrons. The van der Waals surface area contributed by atoms with Crippen LogP contribution in [-0.2, 0) is 11.3 Å². The first kappa shape index (κ1) is 13.4. The van der Waals surface area contributed by atoms with E-state index < -0.39 is 11.8 Å². The molecule has 0 atom stereocenters. The normalized spacial score (nSPS) is 10.2. The predicted octanol–water partition coefficient (Wildman–Crippen LogP) is 3.42. The van der Waals surface area contributed by atoms with Gasteiger partial charge in [0, 0.05) is 16.3 Å². The zero-order valence-electron chi connectivity index (χ0n) is 9.90. The Morgan fingerprint density at radius 3 is 2.63 bits per heavy atom. The molecule has 0 spiro atoms. The van der Waals surface area contributed by atoms with Gasteiger partial charge in [-0.15, -0.1) is 0 Å². The van der Waals surface area contributed by atoms with Crippen LogP contribution in [0.4, 0.5) is 10.1 Å². The maximum atomic E-state index is 13.5. The van der Waals surface area contributed by atoms with E-state index in [4.69, 9.17) is 22.1 Å². The van der Waals surface area contributed by atoms with Gasteiger partial charge in [0.05, 0.1) is 0 Å². The number of halogens is 2. The molecule has 3 nitrogen and oxygen atoms in total. The highest BCUT2D eigenvalue weighted by atomic mass is 35.5. The van der Waals surface area contributed by atoms with Gasteiger partial charge in [-0.05, 0) is 18.2 Å². The molecule has 0 heterocycles. The Hall–Kier alpha value is -2.07. The van der Waals surface area contributed by atoms with Crippen molar-refractivity contribution in [3.05, 3.63) is 64.4 Å². The minimum Gasteiger partial charge on any atom is -0.457 e. The highest BCUT2D eigenvalue weighted by Crippen LogP contribution is 2.19. The van der Waals surface area contributed by atoms with Crippen molar-refractivity contribution >= 4 is 23.3 Å². The van der Waals surface area contributed by atoms with Gasteiger partial charge in [-0.2, -0.15) is 0 Å². The van der Waals surface area contributed by atoms with Gasteiger partial charge in [0.25, 0.3) is 0 Å². The molecule has 0 fully saturated rings. The Morgan fingerprint density at radius 2 is 1.95 bits per heavy atom. The van der Waals surface area contributed by atoms with Crippen LogP contribution in [0.3, 0.4) is 0 Å². The molecule has 0 saturated heterocycles. The number of nitrogens with two attached hydrogens (primary N) is 1. The maximum absolute atomic E-state index is 13.5. The van der Waals surface area contributed by atoms with Crippen LogP contribution in [0, 0.1) is 5.82 Å². The predicted molar refractivity (Wildman–Crippen MR) is 71.4 cm³/mol. The van der Waals surface area contributed by atoms with Crippen LogP contribution >= 0.6 is 11.6 Å². The number of carbonyl (C=O) groups excluding carboxylic acids is 1. The summed E-state index contributed by atoms with van der Waals surface area (Å²) in [7, 11) is 0. The number of esters is 1. The van der Waals surface area contributed by atoms with Crippen LogP contribution in [0.2, 0.25) is 5.02 Å². The van der Waals surface area contributed by atoms with Crippen molar-refractivity contribution in [2.75, 3.05) is 5.73 Å². The number of benzene rings is 2. The third-order valence-corrected chi connectivity index (χ3v) is 2.94. The summed E-state index contributed by atoms with van der Waals surface area (Å²) in [6, 6.07) is 11.0. The fraction of sp³-hybridized carbons (Fsp3) is 0.0714. The van der Waals surface area contributed by atoms with E-state index >= 15 is 0 Å². The molecule has 19 heavy (non-hydrogen) atoms. The van der Waals surface area contributed by atoms with Crippen LogP contribution in [-0.4, -0.2) is 5.97 Å². The maximum Gasteiger partial charge on any atom is 0.343 e. The third kappa shape index (κ3) is 3.03. The number of carbonyl (C=O) groups is 1. The van der Waals surface area contributed by atoms with E-state index in [0.717, 1.165) is 6.07 Å². The highest BCUT2D eigenvalue weighted by molar-refractivity contribution is 6.31. The van der Waals surface area contributed by atoms with Crippen molar-refractivity contribution in [2.24, 2.45) is 0 Å². The van der Waals surface area contributed by atoms with Crippen molar-refractivity contribution in [3.63, 3.8) is 0 Å². The van der Waals surface area contributed by atoms with E-state index in [1.165, 1.54) is 12.1 Å². The van der Waals surface area contributed by atoms with Crippen LogP contribution in [0.1, 0.15) is 15.9 Å². The lowest BCUT2D eigenvalue weighted by Gasteiger charge is -2.08. The quantitative estimate of drug-likeness (QED) is 0.692. The first-order valence-electron chi connectivity index (χ1n) is 5.54. The Labute approximate surface area is 114 Å². The van der Waals surface area contributed by atoms with E-state index in [0.29, 0.717) is 10.6 Å². The van der Waals surface area contributed by atoms with Crippen molar-refractivity contribution in [3.8, 4) is 0 Å². The largest absolute Gasteiger partial charge is 0.457 e. The minimum atomic E-state index is -0.810. The van der Waals surface area contributed by atoms with Crippen LogP contribution in [0.5, 0.6) is 0 Å². The van der Waals surface area contributed by atoms with Crippen molar-refractivity contribution in [2.45, 2.75) is 6.61 Å². The third-order valence-electron chi connectivity index (χ3n) is 2.57. The number of hydrogen-bond acceptors (Lipinski definition) is 3. The fourth-order valence-electron chi connectivity index (χ4n) is 1.59. The van der Waals surface area contributed by atoms with Crippen molar-refractivity contribution in [1.82, 2.24) is 0 Å². The summed E-state index contributed by atoms with van der Waals surface area (Å²) in [5, 5.41) is 0.483. The molecule has 0 aliphatic heterocycles. The van der Waals surface area contributed by atoms with Gasteiger partial charge in [-0.25, -0.2) is 9.18 Å². The Bertz CT molecular complexity index is 596. The van der Waals surface area contributed by atoms with Gasteiger partial charge >= 0.3 is 5.97 Å². The average molecular weight is 280 g/mol. The van der Waals surface area contributed by atoms with Crippen LogP contribution in [0.25, 0.3) is 0 Å². The van der Waals surface area contributed by atoms with E-state index in [2.05, 4.69) is 0 Å². The first-order chi connectivity index (χ1) is 9.09. The lowest BCUT2D eigenvalue weighted by molar-refractivity contribution is 0.0469. The van der Waals surface area contributed by atoms with Gasteiger partial charge in [0.1, 0.15) is 18.0 Å². The summed E-state index contributed by atoms with van der Waals surface area (Å²) in [5.41, 5.74) is 5.99. The molecule has 2 rings (SSSR count). The molecule has 2 aromatic rings. The zero-order valence-corrected chi connectivity index (χ0v) is 10.7. The summed E-state index contributed by atoms with van der Waals surface area (Å²) in [5.74, 6) is -1.51. The van der Waals surface area contributed by atoms with E-state index in [9.17, 15) is 9.18 Å². The molecular formula is C14H11ClFNO2. The van der Waals surface area contributed by atoms with E-state index in [-0.39, 0.29) is 17.9 Å². The summed E-state index contributed by atoms with van der Waals surface area (Å²) >= 11 is 5.93. The second kappa shape index (κ2) is 5.71. The Morgan fingerprint density at radius 1 is 1.21 bits per heavy atom. The van der Waals surface area contributed by atoms with Crippen LogP contribution in [0.15, 0.2) is 42.5 Å². The van der Waals surface area contributed by atoms with Crippen LogP contribution < -0.4 is 5.73 Å². The average Bonchev–Trinajstić information content (AvgIpc) is 2.37. The Kier molecular flexibility index (Phi) is 4.02. The number of rotatable bonds is 3. The molecule has 0 aliphatic rings. The molecule has 98 valence electrons. The molecule has 0 aromatic heterocycles. The number of nitrogen functional groups attached to an aromatic ring is 1. The Balaban J connectivity index is 2.13. The molecule has 0 amide bonds. The molecule has 0 aliphatic carbocycles. The standard InChI is InChI=1S/C14H11ClFNO2/c15-10-5-2-1-4-9(10)8-19-14(18)13-11(16)6-3-7-12(13)17/h1-7H,8,17H2. The van der Waals surface area contributed by atoms with Gasteiger partial charge < -0.3 is 10.5 Å². The summed E-state index contributed by atoms with van der Waals surface area (Å²) in [4.78, 5) is 11.8. The molecule has 2 aromatic carbocycles. The van der Waals surface area contributed by atoms with Crippen molar-refractivity contribution in [1.29, 1.82) is 0 Å². The number of hydrogen-bond donors (Lipinski definition) is 1. The van der Waals surface area contributed by atoms with Gasteiger partial charge in [0.2, 0.25) is 0 Å². The summed E-state index contributed by atoms with van der Waals surface area (Å²) in [6.07, 6.45) is 0. The second-order valence-electron chi connectivity index (χ2n) is 3.87. The number of ether oxygens (including phenoxy) is 1. The minimum absolute atomic E-state index is 0.0354. The van der Waals surface area contributed by atoms with Gasteiger partial charge in [-0.1, -0.05) is 35.9 Å². The fourth-order valence-corrected chi connectivity index (χ4v) is 1.78. The van der Waals surface area contributed by atoms with Gasteiger partial charge in [-0.3, -0.25) is 0 Å². The summed E-state index contributed by atoms with van der Waals surface area (Å²) < 4.78 is 18.5. The second-order valence-corrected chi connectivity index (χ2v) is 4.28. The lowest BCUT2D eigenvalue weighted by Crippen LogP contribution is -2.10. The molecule has 5 heteroatoms. The summed E-state index contributed by atoms with van der Waals surface area (Å²) in [6.45, 7) is -0.0354. The molecular weight excluding hydrogens is 269 g/mol. The smallest absolute Gasteiger partial charge is 0.343 e. The first-order valence-corrected chi connectivity index (χ1v) is 5.92. The van der Waals surface area contributed by atoms with E-state index in [1.807, 2.05) is 0 Å². The lowest BCUT2D eigenvalue weighted by atomic mass is 10.1. The van der Waals surface area contributed by atoms with Crippen molar-refractivity contribution < 1.29 is 13.9 Å². The topological polar surface area (TPSA) is 52.3 Å². The molecule has 0 bridgehead atoms. The number of anilines is 1. The molecule has 2 N–H and O–H groups in total. The van der Waals surface area contributed by atoms with Gasteiger partial charge in [0.15, 0.2) is 0 Å². The van der Waals surface area contributed by atoms with E-state index in [1.54, 1.807) is 24.3 Å². The zero-order chi connectivity index (χ0) is 13.8. The molecule has 0 unspecified atom stereocenters. The monoisotopic (exact) mass is 279 g/mol. The molecule has 0 saturated carbocycles. The highest BCUT2D eigenvalue weighted by Gasteiger charge is 2.16. The SMILES string of the molecule is Nc1cccc(F)c1C(=O)OCc1ccccc1Cl.